The third-order valence-electron chi connectivity index (χ3n) is 2.96. The van der Waals surface area contributed by atoms with Crippen molar-refractivity contribution < 1.29 is 29.0 Å². The second kappa shape index (κ2) is 9.13. The highest BCUT2D eigenvalue weighted by molar-refractivity contribution is 5.91. The third-order valence-corrected chi connectivity index (χ3v) is 2.96. The maximum atomic E-state index is 11.9. The fraction of sp³-hybridized carbons (Fsp3) is 0.333. The van der Waals surface area contributed by atoms with Crippen LogP contribution in [0, 0.1) is 0 Å². The summed E-state index contributed by atoms with van der Waals surface area (Å²) in [5, 5.41) is 13.3. The fourth-order valence-corrected chi connectivity index (χ4v) is 1.71. The fourth-order valence-electron chi connectivity index (χ4n) is 1.71. The summed E-state index contributed by atoms with van der Waals surface area (Å²) < 4.78 is 4.95. The summed E-state index contributed by atoms with van der Waals surface area (Å²) in [5.74, 6) is -3.05. The highest BCUT2D eigenvalue weighted by Crippen LogP contribution is 2.01. The zero-order valence-corrected chi connectivity index (χ0v) is 13.0. The van der Waals surface area contributed by atoms with Gasteiger partial charge in [-0.05, 0) is 12.5 Å². The third kappa shape index (κ3) is 6.77. The van der Waals surface area contributed by atoms with E-state index >= 15 is 0 Å². The summed E-state index contributed by atoms with van der Waals surface area (Å²) in [6, 6.07) is 6.42. The minimum Gasteiger partial charge on any atom is -0.480 e. The molecule has 0 radical (unpaired) electrons. The van der Waals surface area contributed by atoms with E-state index in [1.807, 2.05) is 6.07 Å². The summed E-state index contributed by atoms with van der Waals surface area (Å²) in [4.78, 5) is 45.2. The molecule has 1 aromatic carbocycles. The van der Waals surface area contributed by atoms with Crippen LogP contribution in [0.5, 0.6) is 0 Å². The van der Waals surface area contributed by atoms with Crippen LogP contribution in [0.15, 0.2) is 30.3 Å². The lowest BCUT2D eigenvalue weighted by Gasteiger charge is -2.17. The molecule has 0 bridgehead atoms. The first-order chi connectivity index (χ1) is 11.3. The summed E-state index contributed by atoms with van der Waals surface area (Å²) >= 11 is 0. The molecule has 0 heterocycles. The molecule has 0 saturated carbocycles. The standard InChI is InChI=1S/C15H19N3O6/c1-9(13(20)18-11(14(21)22)7-12(16)19)17-15(23)24-8-10-5-3-2-4-6-10/h2-6,9,11H,7-8H2,1H3,(H2,16,19)(H,17,23)(H,18,20)(H,21,22). The number of nitrogens with two attached hydrogens (primary N) is 1. The molecule has 0 fully saturated rings. The van der Waals surface area contributed by atoms with E-state index in [1.54, 1.807) is 24.3 Å². The molecular weight excluding hydrogens is 318 g/mol. The first kappa shape index (κ1) is 18.9. The molecule has 0 saturated heterocycles. The van der Waals surface area contributed by atoms with Crippen molar-refractivity contribution in [2.24, 2.45) is 5.73 Å². The molecule has 0 aliphatic heterocycles. The molecule has 0 aromatic heterocycles. The van der Waals surface area contributed by atoms with Gasteiger partial charge in [-0.15, -0.1) is 0 Å². The Labute approximate surface area is 138 Å². The van der Waals surface area contributed by atoms with Crippen molar-refractivity contribution in [2.75, 3.05) is 0 Å². The van der Waals surface area contributed by atoms with Crippen LogP contribution < -0.4 is 16.4 Å². The first-order valence-corrected chi connectivity index (χ1v) is 7.08. The highest BCUT2D eigenvalue weighted by Gasteiger charge is 2.25. The molecule has 5 N–H and O–H groups in total. The lowest BCUT2D eigenvalue weighted by atomic mass is 10.2. The van der Waals surface area contributed by atoms with Crippen molar-refractivity contribution in [1.82, 2.24) is 10.6 Å². The Kier molecular flexibility index (Phi) is 7.21. The number of alkyl carbamates (subject to hydrolysis) is 1. The van der Waals surface area contributed by atoms with Crippen molar-refractivity contribution in [1.29, 1.82) is 0 Å². The van der Waals surface area contributed by atoms with Gasteiger partial charge < -0.3 is 26.2 Å². The Bertz CT molecular complexity index is 604. The van der Waals surface area contributed by atoms with Crippen molar-refractivity contribution in [3.63, 3.8) is 0 Å². The molecule has 9 nitrogen and oxygen atoms in total. The summed E-state index contributed by atoms with van der Waals surface area (Å²) in [6.45, 7) is 1.38. The molecule has 24 heavy (non-hydrogen) atoms. The van der Waals surface area contributed by atoms with E-state index in [0.717, 1.165) is 5.56 Å². The number of nitrogens with one attached hydrogen (secondary N) is 2. The van der Waals surface area contributed by atoms with Gasteiger partial charge in [0.2, 0.25) is 11.8 Å². The van der Waals surface area contributed by atoms with Gasteiger partial charge in [0.1, 0.15) is 18.7 Å². The van der Waals surface area contributed by atoms with E-state index in [-0.39, 0.29) is 6.61 Å². The van der Waals surface area contributed by atoms with Gasteiger partial charge in [0.25, 0.3) is 0 Å². The Balaban J connectivity index is 2.45. The zero-order chi connectivity index (χ0) is 18.1. The molecular formula is C15H19N3O6. The van der Waals surface area contributed by atoms with Gasteiger partial charge in [-0.2, -0.15) is 0 Å². The van der Waals surface area contributed by atoms with Gasteiger partial charge in [-0.3, -0.25) is 9.59 Å². The van der Waals surface area contributed by atoms with Crippen LogP contribution >= 0.6 is 0 Å². The van der Waals surface area contributed by atoms with E-state index in [1.165, 1.54) is 6.92 Å². The molecule has 3 amide bonds. The Hall–Kier alpha value is -3.10. The van der Waals surface area contributed by atoms with Gasteiger partial charge in [0.15, 0.2) is 0 Å². The summed E-state index contributed by atoms with van der Waals surface area (Å²) in [5.41, 5.74) is 5.69. The van der Waals surface area contributed by atoms with Crippen LogP contribution in [0.25, 0.3) is 0 Å². The predicted octanol–water partition coefficient (Wildman–Crippen LogP) is -0.254. The highest BCUT2D eigenvalue weighted by atomic mass is 16.5. The number of carbonyl (C=O) groups is 4. The molecule has 0 spiro atoms. The average Bonchev–Trinajstić information content (AvgIpc) is 2.52. The van der Waals surface area contributed by atoms with Crippen molar-refractivity contribution >= 4 is 23.9 Å². The molecule has 2 atom stereocenters. The minimum absolute atomic E-state index is 0.0282. The van der Waals surface area contributed by atoms with Gasteiger partial charge in [0, 0.05) is 0 Å². The smallest absolute Gasteiger partial charge is 0.408 e. The lowest BCUT2D eigenvalue weighted by Crippen LogP contribution is -2.51. The van der Waals surface area contributed by atoms with Crippen LogP contribution in [-0.2, 0) is 25.7 Å². The largest absolute Gasteiger partial charge is 0.480 e. The first-order valence-electron chi connectivity index (χ1n) is 7.08. The van der Waals surface area contributed by atoms with Crippen LogP contribution in [0.3, 0.4) is 0 Å². The normalized spacial score (nSPS) is 12.5. The van der Waals surface area contributed by atoms with Gasteiger partial charge in [-0.25, -0.2) is 9.59 Å². The Morgan fingerprint density at radius 2 is 1.79 bits per heavy atom. The van der Waals surface area contributed by atoms with Gasteiger partial charge in [0.05, 0.1) is 6.42 Å². The van der Waals surface area contributed by atoms with Crippen LogP contribution in [-0.4, -0.2) is 41.1 Å². The Morgan fingerprint density at radius 1 is 1.17 bits per heavy atom. The predicted molar refractivity (Wildman–Crippen MR) is 82.6 cm³/mol. The SMILES string of the molecule is CC(NC(=O)OCc1ccccc1)C(=O)NC(CC(N)=O)C(=O)O. The monoisotopic (exact) mass is 337 g/mol. The second-order valence-electron chi connectivity index (χ2n) is 5.00. The van der Waals surface area contributed by atoms with Crippen molar-refractivity contribution in [2.45, 2.75) is 32.0 Å². The summed E-state index contributed by atoms with van der Waals surface area (Å²) in [6.07, 6.45) is -1.38. The number of benzene rings is 1. The molecule has 1 aromatic rings. The van der Waals surface area contributed by atoms with Crippen molar-refractivity contribution in [3.8, 4) is 0 Å². The van der Waals surface area contributed by atoms with E-state index in [2.05, 4.69) is 10.6 Å². The topological polar surface area (TPSA) is 148 Å². The lowest BCUT2D eigenvalue weighted by molar-refractivity contribution is -0.143. The van der Waals surface area contributed by atoms with E-state index in [0.29, 0.717) is 0 Å². The minimum atomic E-state index is -1.46. The number of ether oxygens (including phenoxy) is 1. The van der Waals surface area contributed by atoms with Crippen molar-refractivity contribution in [3.05, 3.63) is 35.9 Å². The van der Waals surface area contributed by atoms with Crippen LogP contribution in [0.1, 0.15) is 18.9 Å². The number of rotatable bonds is 8. The van der Waals surface area contributed by atoms with Gasteiger partial charge in [-0.1, -0.05) is 30.3 Å². The summed E-state index contributed by atoms with van der Waals surface area (Å²) in [7, 11) is 0. The number of aliphatic carboxylic acids is 1. The number of hydrogen-bond donors (Lipinski definition) is 4. The quantitative estimate of drug-likeness (QED) is 0.514. The molecule has 0 aliphatic carbocycles. The maximum absolute atomic E-state index is 11.9. The number of primary amides is 1. The zero-order valence-electron chi connectivity index (χ0n) is 13.0. The molecule has 2 unspecified atom stereocenters. The van der Waals surface area contributed by atoms with E-state index < -0.39 is 42.4 Å². The van der Waals surface area contributed by atoms with Crippen LogP contribution in [0.4, 0.5) is 4.79 Å². The molecule has 130 valence electrons. The van der Waals surface area contributed by atoms with E-state index in [4.69, 9.17) is 15.6 Å². The number of carboxylic acids is 1. The number of amides is 3. The van der Waals surface area contributed by atoms with E-state index in [9.17, 15) is 19.2 Å². The number of carbonyl (C=O) groups excluding carboxylic acids is 3. The van der Waals surface area contributed by atoms with Crippen LogP contribution in [0.2, 0.25) is 0 Å². The number of hydrogen-bond acceptors (Lipinski definition) is 5. The molecule has 0 aliphatic rings. The number of carboxylic acid groups (broad SMARTS) is 1. The van der Waals surface area contributed by atoms with Gasteiger partial charge >= 0.3 is 12.1 Å². The molecule has 1 rings (SSSR count). The maximum Gasteiger partial charge on any atom is 0.408 e. The second-order valence-corrected chi connectivity index (χ2v) is 5.00. The molecule has 9 heteroatoms. The average molecular weight is 337 g/mol. The Morgan fingerprint density at radius 3 is 2.33 bits per heavy atom.